The smallest absolute Gasteiger partial charge is 0.410 e. The molecule has 0 unspecified atom stereocenters. The fraction of sp³-hybridized carbons (Fsp3) is 0.682. The predicted octanol–water partition coefficient (Wildman–Crippen LogP) is 4.39. The van der Waals surface area contributed by atoms with Crippen molar-refractivity contribution in [2.45, 2.75) is 71.3 Å². The molecule has 1 amide bonds. The van der Waals surface area contributed by atoms with Crippen molar-refractivity contribution in [2.24, 2.45) is 0 Å². The Morgan fingerprint density at radius 2 is 1.77 bits per heavy atom. The molecule has 0 radical (unpaired) electrons. The predicted molar refractivity (Wildman–Crippen MR) is 120 cm³/mol. The molecule has 1 aromatic rings. The van der Waals surface area contributed by atoms with Gasteiger partial charge in [-0.3, -0.25) is 0 Å². The van der Waals surface area contributed by atoms with Gasteiger partial charge in [-0.15, -0.1) is 0 Å². The zero-order chi connectivity index (χ0) is 22.7. The van der Waals surface area contributed by atoms with Gasteiger partial charge >= 0.3 is 6.09 Å². The normalized spacial score (nSPS) is 17.6. The van der Waals surface area contributed by atoms with Gasteiger partial charge in [-0.25, -0.2) is 18.1 Å². The Hall–Kier alpha value is -1.67. The standard InChI is InChI=1S/C22H36FN3O3S/c1-8-18(24-30(28)22(5,6)7)16-10-9-11-17(23)19(16)25-12-14-26(15-13-25)20(27)29-21(2,3)4/h9-11,18,24H,8,12-15H2,1-7H3/t18-,30+/m0/s1. The van der Waals surface area contributed by atoms with E-state index in [0.29, 0.717) is 38.3 Å². The summed E-state index contributed by atoms with van der Waals surface area (Å²) >= 11 is 0. The summed E-state index contributed by atoms with van der Waals surface area (Å²) in [5, 5.41) is 0. The summed E-state index contributed by atoms with van der Waals surface area (Å²) in [6.45, 7) is 15.2. The number of anilines is 1. The number of nitrogens with one attached hydrogen (secondary N) is 1. The van der Waals surface area contributed by atoms with Gasteiger partial charge in [0.1, 0.15) is 11.4 Å². The first-order chi connectivity index (χ1) is 13.8. The van der Waals surface area contributed by atoms with Crippen molar-refractivity contribution in [2.75, 3.05) is 31.1 Å². The largest absolute Gasteiger partial charge is 0.444 e. The summed E-state index contributed by atoms with van der Waals surface area (Å²) in [5.41, 5.74) is 0.766. The van der Waals surface area contributed by atoms with Crippen LogP contribution >= 0.6 is 0 Å². The zero-order valence-electron chi connectivity index (χ0n) is 19.3. The molecule has 1 aromatic carbocycles. The third-order valence-electron chi connectivity index (χ3n) is 4.85. The Morgan fingerprint density at radius 3 is 2.27 bits per heavy atom. The second kappa shape index (κ2) is 9.64. The molecule has 0 saturated carbocycles. The molecule has 0 bridgehead atoms. The van der Waals surface area contributed by atoms with Crippen molar-refractivity contribution in [3.63, 3.8) is 0 Å². The average Bonchev–Trinajstić information content (AvgIpc) is 2.63. The van der Waals surface area contributed by atoms with E-state index in [0.717, 1.165) is 5.56 Å². The van der Waals surface area contributed by atoms with E-state index in [1.807, 2.05) is 59.4 Å². The summed E-state index contributed by atoms with van der Waals surface area (Å²) in [5.74, 6) is -0.306. The molecule has 0 aliphatic carbocycles. The SMILES string of the molecule is CC[C@H](N[S@](=O)C(C)(C)C)c1cccc(F)c1N1CCN(C(=O)OC(C)(C)C)CC1. The van der Waals surface area contributed by atoms with E-state index in [2.05, 4.69) is 4.72 Å². The van der Waals surface area contributed by atoms with Crippen molar-refractivity contribution in [1.29, 1.82) is 0 Å². The Bertz CT molecular complexity index is 766. The van der Waals surface area contributed by atoms with Gasteiger partial charge in [0.25, 0.3) is 0 Å². The molecule has 0 spiro atoms. The number of ether oxygens (including phenoxy) is 1. The van der Waals surface area contributed by atoms with E-state index in [1.165, 1.54) is 6.07 Å². The second-order valence-electron chi connectivity index (χ2n) is 9.59. The number of benzene rings is 1. The van der Waals surface area contributed by atoms with Crippen LogP contribution in [0.1, 0.15) is 66.5 Å². The van der Waals surface area contributed by atoms with Gasteiger partial charge in [0, 0.05) is 32.2 Å². The lowest BCUT2D eigenvalue weighted by molar-refractivity contribution is 0.0240. The first kappa shape index (κ1) is 24.6. The number of amides is 1. The summed E-state index contributed by atoms with van der Waals surface area (Å²) in [4.78, 5) is 16.0. The molecule has 2 atom stereocenters. The Labute approximate surface area is 182 Å². The molecule has 0 aromatic heterocycles. The van der Waals surface area contributed by atoms with Gasteiger partial charge in [0.2, 0.25) is 0 Å². The highest BCUT2D eigenvalue weighted by atomic mass is 32.2. The number of hydrogen-bond acceptors (Lipinski definition) is 4. The quantitative estimate of drug-likeness (QED) is 0.736. The zero-order valence-corrected chi connectivity index (χ0v) is 20.1. The molecule has 1 saturated heterocycles. The first-order valence-electron chi connectivity index (χ1n) is 10.5. The van der Waals surface area contributed by atoms with E-state index < -0.39 is 21.3 Å². The summed E-state index contributed by atoms with van der Waals surface area (Å²) < 4.78 is 35.8. The summed E-state index contributed by atoms with van der Waals surface area (Å²) in [6.07, 6.45) is 0.334. The molecule has 6 nitrogen and oxygen atoms in total. The molecule has 170 valence electrons. The highest BCUT2D eigenvalue weighted by molar-refractivity contribution is 7.84. The summed E-state index contributed by atoms with van der Waals surface area (Å²) in [6, 6.07) is 4.79. The van der Waals surface area contributed by atoms with E-state index in [-0.39, 0.29) is 18.0 Å². The maximum Gasteiger partial charge on any atom is 0.410 e. The maximum atomic E-state index is 14.9. The van der Waals surface area contributed by atoms with Crippen LogP contribution in [0.5, 0.6) is 0 Å². The number of para-hydroxylation sites is 1. The number of hydrogen-bond donors (Lipinski definition) is 1. The van der Waals surface area contributed by atoms with Gasteiger partial charge in [-0.05, 0) is 59.6 Å². The molecule has 1 aliphatic rings. The number of nitrogens with zero attached hydrogens (tertiary/aromatic N) is 2. The lowest BCUT2D eigenvalue weighted by Crippen LogP contribution is -2.50. The highest BCUT2D eigenvalue weighted by Crippen LogP contribution is 2.33. The second-order valence-corrected chi connectivity index (χ2v) is 11.6. The molecular weight excluding hydrogens is 405 g/mol. The maximum absolute atomic E-state index is 14.9. The third kappa shape index (κ3) is 6.41. The average molecular weight is 442 g/mol. The topological polar surface area (TPSA) is 61.9 Å². The Balaban J connectivity index is 2.19. The molecule has 1 N–H and O–H groups in total. The molecule has 2 rings (SSSR count). The van der Waals surface area contributed by atoms with Gasteiger partial charge in [-0.2, -0.15) is 0 Å². The molecule has 1 heterocycles. The van der Waals surface area contributed by atoms with Crippen molar-refractivity contribution < 1.29 is 18.1 Å². The third-order valence-corrected chi connectivity index (χ3v) is 6.47. The van der Waals surface area contributed by atoms with Gasteiger partial charge in [0.05, 0.1) is 21.4 Å². The number of halogens is 1. The van der Waals surface area contributed by atoms with Crippen molar-refractivity contribution in [1.82, 2.24) is 9.62 Å². The van der Waals surface area contributed by atoms with Crippen LogP contribution in [0.4, 0.5) is 14.9 Å². The lowest BCUT2D eigenvalue weighted by Gasteiger charge is -2.38. The van der Waals surface area contributed by atoms with Crippen molar-refractivity contribution in [3.8, 4) is 0 Å². The van der Waals surface area contributed by atoms with Crippen LogP contribution < -0.4 is 9.62 Å². The molecule has 1 aliphatic heterocycles. The molecule has 30 heavy (non-hydrogen) atoms. The number of carbonyl (C=O) groups excluding carboxylic acids is 1. The van der Waals surface area contributed by atoms with Crippen LogP contribution in [-0.2, 0) is 15.7 Å². The van der Waals surface area contributed by atoms with E-state index in [1.54, 1.807) is 11.0 Å². The summed E-state index contributed by atoms with van der Waals surface area (Å²) in [7, 11) is -1.27. The van der Waals surface area contributed by atoms with Crippen LogP contribution in [-0.4, -0.2) is 51.7 Å². The van der Waals surface area contributed by atoms with E-state index in [9.17, 15) is 13.4 Å². The fourth-order valence-corrected chi connectivity index (χ4v) is 4.16. The molecule has 8 heteroatoms. The fourth-order valence-electron chi connectivity index (χ4n) is 3.26. The van der Waals surface area contributed by atoms with Crippen LogP contribution in [0.15, 0.2) is 18.2 Å². The lowest BCUT2D eigenvalue weighted by atomic mass is 10.0. The van der Waals surface area contributed by atoms with E-state index in [4.69, 9.17) is 4.74 Å². The minimum Gasteiger partial charge on any atom is -0.444 e. The number of carbonyl (C=O) groups is 1. The Kier molecular flexibility index (Phi) is 7.91. The van der Waals surface area contributed by atoms with Gasteiger partial charge < -0.3 is 14.5 Å². The van der Waals surface area contributed by atoms with Crippen LogP contribution in [0, 0.1) is 5.82 Å². The van der Waals surface area contributed by atoms with Crippen LogP contribution in [0.25, 0.3) is 0 Å². The van der Waals surface area contributed by atoms with Crippen LogP contribution in [0.2, 0.25) is 0 Å². The monoisotopic (exact) mass is 441 g/mol. The van der Waals surface area contributed by atoms with Gasteiger partial charge in [0.15, 0.2) is 0 Å². The molecule has 1 fully saturated rings. The van der Waals surface area contributed by atoms with Crippen molar-refractivity contribution >= 4 is 22.8 Å². The minimum atomic E-state index is -1.27. The van der Waals surface area contributed by atoms with E-state index >= 15 is 0 Å². The van der Waals surface area contributed by atoms with Crippen LogP contribution in [0.3, 0.4) is 0 Å². The first-order valence-corrected chi connectivity index (χ1v) is 11.7. The minimum absolute atomic E-state index is 0.236. The number of piperazine rings is 1. The highest BCUT2D eigenvalue weighted by Gasteiger charge is 2.30. The number of rotatable bonds is 5. The van der Waals surface area contributed by atoms with Crippen molar-refractivity contribution in [3.05, 3.63) is 29.6 Å². The Morgan fingerprint density at radius 1 is 1.17 bits per heavy atom. The van der Waals surface area contributed by atoms with Gasteiger partial charge in [-0.1, -0.05) is 19.1 Å². The molecular formula is C22H36FN3O3S.